The molecular weight excluding hydrogens is 530 g/mol. The summed E-state index contributed by atoms with van der Waals surface area (Å²) in [7, 11) is -2.16. The molecule has 3 aromatic rings. The van der Waals surface area contributed by atoms with Gasteiger partial charge in [0.25, 0.3) is 5.91 Å². The molecule has 0 saturated carbocycles. The molecule has 0 bridgehead atoms. The molecule has 1 N–H and O–H groups in total. The molecule has 1 atom stereocenters. The van der Waals surface area contributed by atoms with Gasteiger partial charge in [0.2, 0.25) is 15.9 Å². The summed E-state index contributed by atoms with van der Waals surface area (Å²) in [5, 5.41) is 2.96. The zero-order chi connectivity index (χ0) is 28.3. The van der Waals surface area contributed by atoms with Crippen LogP contribution < -0.4 is 19.7 Å². The van der Waals surface area contributed by atoms with E-state index >= 15 is 0 Å². The number of carbonyl (C=O) groups is 2. The molecule has 0 unspecified atom stereocenters. The summed E-state index contributed by atoms with van der Waals surface area (Å²) >= 11 is 0. The van der Waals surface area contributed by atoms with Gasteiger partial charge in [-0.2, -0.15) is 4.31 Å². The molecule has 5 rings (SSSR count). The van der Waals surface area contributed by atoms with E-state index < -0.39 is 15.9 Å². The largest absolute Gasteiger partial charge is 0.497 e. The van der Waals surface area contributed by atoms with Gasteiger partial charge in [-0.15, -0.1) is 0 Å². The van der Waals surface area contributed by atoms with Gasteiger partial charge in [0, 0.05) is 36.6 Å². The predicted molar refractivity (Wildman–Crippen MR) is 153 cm³/mol. The van der Waals surface area contributed by atoms with Crippen LogP contribution in [0.15, 0.2) is 71.6 Å². The van der Waals surface area contributed by atoms with Crippen molar-refractivity contribution in [3.05, 3.63) is 77.9 Å². The van der Waals surface area contributed by atoms with Gasteiger partial charge in [-0.3, -0.25) is 9.59 Å². The normalized spacial score (nSPS) is 17.2. The first-order chi connectivity index (χ1) is 19.3. The first-order valence-corrected chi connectivity index (χ1v) is 14.9. The number of ether oxygens (including phenoxy) is 2. The second kappa shape index (κ2) is 11.7. The molecule has 9 nitrogen and oxygen atoms in total. The molecule has 0 aromatic heterocycles. The number of hydrogen-bond donors (Lipinski definition) is 1. The zero-order valence-electron chi connectivity index (χ0n) is 22.6. The Labute approximate surface area is 234 Å². The number of amides is 2. The van der Waals surface area contributed by atoms with Gasteiger partial charge in [-0.25, -0.2) is 8.42 Å². The van der Waals surface area contributed by atoms with E-state index in [4.69, 9.17) is 9.47 Å². The summed E-state index contributed by atoms with van der Waals surface area (Å²) in [6.07, 6.45) is 1.91. The lowest BCUT2D eigenvalue weighted by Gasteiger charge is -2.31. The van der Waals surface area contributed by atoms with Gasteiger partial charge in [0.05, 0.1) is 24.5 Å². The third-order valence-electron chi connectivity index (χ3n) is 7.36. The Bertz CT molecular complexity index is 1490. The fourth-order valence-electron chi connectivity index (χ4n) is 5.20. The Balaban J connectivity index is 1.27. The van der Waals surface area contributed by atoms with Crippen LogP contribution in [-0.4, -0.2) is 57.9 Å². The van der Waals surface area contributed by atoms with Crippen LogP contribution in [0.3, 0.4) is 0 Å². The van der Waals surface area contributed by atoms with Crippen molar-refractivity contribution in [3.8, 4) is 11.5 Å². The monoisotopic (exact) mass is 563 g/mol. The molecule has 1 fully saturated rings. The molecule has 2 aliphatic rings. The van der Waals surface area contributed by atoms with Crippen molar-refractivity contribution in [2.45, 2.75) is 31.1 Å². The minimum Gasteiger partial charge on any atom is -0.497 e. The minimum absolute atomic E-state index is 0.106. The molecule has 10 heteroatoms. The Morgan fingerprint density at radius 1 is 0.975 bits per heavy atom. The fourth-order valence-corrected chi connectivity index (χ4v) is 6.72. The Morgan fingerprint density at radius 3 is 2.40 bits per heavy atom. The van der Waals surface area contributed by atoms with E-state index in [2.05, 4.69) is 5.32 Å². The minimum atomic E-state index is -3.74. The van der Waals surface area contributed by atoms with Gasteiger partial charge in [-0.05, 0) is 92.4 Å². The summed E-state index contributed by atoms with van der Waals surface area (Å²) in [4.78, 5) is 28.4. The molecule has 0 spiro atoms. The molecule has 2 aliphatic heterocycles. The van der Waals surface area contributed by atoms with Crippen molar-refractivity contribution in [2.24, 2.45) is 5.92 Å². The number of rotatable bonds is 8. The van der Waals surface area contributed by atoms with Crippen LogP contribution in [0.2, 0.25) is 0 Å². The first kappa shape index (κ1) is 27.7. The standard InChI is InChI=1S/C30H33N3O6S/c1-3-39-26-12-14-27(15-13-26)40(36,37)32-17-4-5-23(20-32)29(34)31-24-9-6-21-16-18-33(28(21)19-24)30(35)22-7-10-25(38-2)11-8-22/h6-15,19,23H,3-5,16-18,20H2,1-2H3,(H,31,34)/t23-/m1/s1. The number of piperidine rings is 1. The summed E-state index contributed by atoms with van der Waals surface area (Å²) in [6, 6.07) is 18.9. The van der Waals surface area contributed by atoms with Crippen molar-refractivity contribution in [1.29, 1.82) is 0 Å². The highest BCUT2D eigenvalue weighted by molar-refractivity contribution is 7.89. The predicted octanol–water partition coefficient (Wildman–Crippen LogP) is 4.34. The quantitative estimate of drug-likeness (QED) is 0.437. The maximum Gasteiger partial charge on any atom is 0.258 e. The van der Waals surface area contributed by atoms with Crippen molar-refractivity contribution >= 4 is 33.2 Å². The van der Waals surface area contributed by atoms with Crippen LogP contribution in [0.4, 0.5) is 11.4 Å². The van der Waals surface area contributed by atoms with E-state index in [1.165, 1.54) is 16.4 Å². The molecule has 1 saturated heterocycles. The Hall–Kier alpha value is -3.89. The van der Waals surface area contributed by atoms with E-state index in [1.807, 2.05) is 25.1 Å². The number of nitrogens with one attached hydrogen (secondary N) is 1. The van der Waals surface area contributed by atoms with Crippen LogP contribution >= 0.6 is 0 Å². The highest BCUT2D eigenvalue weighted by atomic mass is 32.2. The average Bonchev–Trinajstić information content (AvgIpc) is 3.40. The van der Waals surface area contributed by atoms with E-state index in [-0.39, 0.29) is 23.3 Å². The number of benzene rings is 3. The van der Waals surface area contributed by atoms with Gasteiger partial charge < -0.3 is 19.7 Å². The van der Waals surface area contributed by atoms with Crippen LogP contribution in [0.5, 0.6) is 11.5 Å². The molecule has 3 aromatic carbocycles. The van der Waals surface area contributed by atoms with Crippen molar-refractivity contribution in [1.82, 2.24) is 4.31 Å². The molecule has 40 heavy (non-hydrogen) atoms. The Morgan fingerprint density at radius 2 is 1.70 bits per heavy atom. The van der Waals surface area contributed by atoms with Gasteiger partial charge in [-0.1, -0.05) is 6.07 Å². The van der Waals surface area contributed by atoms with E-state index in [0.29, 0.717) is 55.3 Å². The summed E-state index contributed by atoms with van der Waals surface area (Å²) in [6.45, 7) is 3.38. The number of fused-ring (bicyclic) bond motifs is 1. The van der Waals surface area contributed by atoms with Crippen molar-refractivity contribution in [3.63, 3.8) is 0 Å². The molecule has 210 valence electrons. The number of nitrogens with zero attached hydrogens (tertiary/aromatic N) is 2. The van der Waals surface area contributed by atoms with E-state index in [1.54, 1.807) is 48.4 Å². The first-order valence-electron chi connectivity index (χ1n) is 13.4. The molecule has 2 heterocycles. The molecule has 2 amide bonds. The van der Waals surface area contributed by atoms with Crippen LogP contribution in [0.25, 0.3) is 0 Å². The lowest BCUT2D eigenvalue weighted by Crippen LogP contribution is -2.43. The number of methoxy groups -OCH3 is 1. The highest BCUT2D eigenvalue weighted by Gasteiger charge is 2.34. The van der Waals surface area contributed by atoms with Gasteiger partial charge in [0.15, 0.2) is 0 Å². The average molecular weight is 564 g/mol. The third-order valence-corrected chi connectivity index (χ3v) is 9.24. The van der Waals surface area contributed by atoms with Gasteiger partial charge in [0.1, 0.15) is 11.5 Å². The number of carbonyl (C=O) groups excluding carboxylic acids is 2. The van der Waals surface area contributed by atoms with Gasteiger partial charge >= 0.3 is 0 Å². The summed E-state index contributed by atoms with van der Waals surface area (Å²) in [5.74, 6) is 0.439. The number of hydrogen-bond acceptors (Lipinski definition) is 6. The third kappa shape index (κ3) is 5.68. The van der Waals surface area contributed by atoms with Crippen molar-refractivity contribution in [2.75, 3.05) is 43.6 Å². The molecule has 0 aliphatic carbocycles. The smallest absolute Gasteiger partial charge is 0.258 e. The second-order valence-corrected chi connectivity index (χ2v) is 11.8. The maximum absolute atomic E-state index is 13.3. The lowest BCUT2D eigenvalue weighted by atomic mass is 9.98. The maximum atomic E-state index is 13.3. The van der Waals surface area contributed by atoms with Crippen LogP contribution in [0.1, 0.15) is 35.7 Å². The van der Waals surface area contributed by atoms with E-state index in [9.17, 15) is 18.0 Å². The van der Waals surface area contributed by atoms with Crippen molar-refractivity contribution < 1.29 is 27.5 Å². The van der Waals surface area contributed by atoms with Crippen LogP contribution in [-0.2, 0) is 21.2 Å². The number of sulfonamides is 1. The fraction of sp³-hybridized carbons (Fsp3) is 0.333. The van der Waals surface area contributed by atoms with E-state index in [0.717, 1.165) is 17.7 Å². The second-order valence-electron chi connectivity index (χ2n) is 9.87. The number of anilines is 2. The zero-order valence-corrected chi connectivity index (χ0v) is 23.4. The highest BCUT2D eigenvalue weighted by Crippen LogP contribution is 2.33. The molecule has 0 radical (unpaired) electrons. The topological polar surface area (TPSA) is 105 Å². The summed E-state index contributed by atoms with van der Waals surface area (Å²) in [5.41, 5.74) is 2.93. The molecular formula is C30H33N3O6S. The van der Waals surface area contributed by atoms with Crippen LogP contribution in [0, 0.1) is 5.92 Å². The Kier molecular flexibility index (Phi) is 8.09. The summed E-state index contributed by atoms with van der Waals surface area (Å²) < 4.78 is 38.5. The SMILES string of the molecule is CCOc1ccc(S(=O)(=O)N2CCC[C@@H](C(=O)Nc3ccc4c(c3)N(C(=O)c3ccc(OC)cc3)CC4)C2)cc1. The lowest BCUT2D eigenvalue weighted by molar-refractivity contribution is -0.120.